The quantitative estimate of drug-likeness (QED) is 0.859. The van der Waals surface area contributed by atoms with Gasteiger partial charge >= 0.3 is 0 Å². The fourth-order valence-corrected chi connectivity index (χ4v) is 3.03. The van der Waals surface area contributed by atoms with Gasteiger partial charge in [0.1, 0.15) is 0 Å². The van der Waals surface area contributed by atoms with Crippen LogP contribution in [0.5, 0.6) is 0 Å². The molecular weight excluding hydrogens is 286 g/mol. The van der Waals surface area contributed by atoms with Gasteiger partial charge in [-0.25, -0.2) is 0 Å². The predicted octanol–water partition coefficient (Wildman–Crippen LogP) is 2.33. The standard InChI is InChI=1S/C19H25N3O/c23-19-8-11-22(12-9-19)15-17-6-2-1-5-16(17)13-20-14-18-7-3-4-10-21-18/h1-7,10,19-20,23H,8-9,11-15H2. The molecule has 0 atom stereocenters. The van der Waals surface area contributed by atoms with E-state index in [4.69, 9.17) is 0 Å². The fraction of sp³-hybridized carbons (Fsp3) is 0.421. The lowest BCUT2D eigenvalue weighted by molar-refractivity contribution is 0.0791. The maximum Gasteiger partial charge on any atom is 0.0564 e. The molecule has 3 rings (SSSR count). The molecule has 1 aliphatic heterocycles. The second-order valence-corrected chi connectivity index (χ2v) is 6.20. The van der Waals surface area contributed by atoms with E-state index in [0.717, 1.165) is 51.3 Å². The van der Waals surface area contributed by atoms with Gasteiger partial charge in [-0.3, -0.25) is 9.88 Å². The minimum atomic E-state index is -0.110. The van der Waals surface area contributed by atoms with Gasteiger partial charge in [0.05, 0.1) is 11.8 Å². The highest BCUT2D eigenvalue weighted by Crippen LogP contribution is 2.16. The number of aromatic nitrogens is 1. The van der Waals surface area contributed by atoms with Crippen molar-refractivity contribution in [2.24, 2.45) is 0 Å². The van der Waals surface area contributed by atoms with Crippen LogP contribution in [0.2, 0.25) is 0 Å². The highest BCUT2D eigenvalue weighted by Gasteiger charge is 2.17. The zero-order chi connectivity index (χ0) is 15.9. The van der Waals surface area contributed by atoms with Crippen molar-refractivity contribution in [1.82, 2.24) is 15.2 Å². The third-order valence-corrected chi connectivity index (χ3v) is 4.42. The summed E-state index contributed by atoms with van der Waals surface area (Å²) in [4.78, 5) is 6.77. The van der Waals surface area contributed by atoms with E-state index in [9.17, 15) is 5.11 Å². The predicted molar refractivity (Wildman–Crippen MR) is 91.7 cm³/mol. The van der Waals surface area contributed by atoms with Gasteiger partial charge in [-0.05, 0) is 36.1 Å². The summed E-state index contributed by atoms with van der Waals surface area (Å²) in [5, 5.41) is 13.1. The van der Waals surface area contributed by atoms with E-state index >= 15 is 0 Å². The number of benzene rings is 1. The fourth-order valence-electron chi connectivity index (χ4n) is 3.03. The first-order valence-electron chi connectivity index (χ1n) is 8.39. The molecule has 0 bridgehead atoms. The van der Waals surface area contributed by atoms with Crippen LogP contribution in [0, 0.1) is 0 Å². The van der Waals surface area contributed by atoms with Crippen molar-refractivity contribution < 1.29 is 5.11 Å². The average molecular weight is 311 g/mol. The van der Waals surface area contributed by atoms with Crippen molar-refractivity contribution in [3.8, 4) is 0 Å². The molecule has 23 heavy (non-hydrogen) atoms. The molecule has 1 saturated heterocycles. The van der Waals surface area contributed by atoms with Crippen molar-refractivity contribution in [2.75, 3.05) is 13.1 Å². The molecule has 0 spiro atoms. The van der Waals surface area contributed by atoms with Gasteiger partial charge in [0.25, 0.3) is 0 Å². The summed E-state index contributed by atoms with van der Waals surface area (Å²) >= 11 is 0. The number of hydrogen-bond acceptors (Lipinski definition) is 4. The van der Waals surface area contributed by atoms with Gasteiger partial charge in [0.15, 0.2) is 0 Å². The Kier molecular flexibility index (Phi) is 5.75. The third kappa shape index (κ3) is 4.86. The molecule has 4 heteroatoms. The topological polar surface area (TPSA) is 48.4 Å². The molecule has 2 N–H and O–H groups in total. The number of likely N-dealkylation sites (tertiary alicyclic amines) is 1. The number of nitrogens with one attached hydrogen (secondary N) is 1. The van der Waals surface area contributed by atoms with E-state index < -0.39 is 0 Å². The lowest BCUT2D eigenvalue weighted by atomic mass is 10.0. The maximum atomic E-state index is 9.63. The van der Waals surface area contributed by atoms with E-state index in [-0.39, 0.29) is 6.10 Å². The molecule has 1 aromatic heterocycles. The van der Waals surface area contributed by atoms with Gasteiger partial charge in [0, 0.05) is 38.9 Å². The van der Waals surface area contributed by atoms with Gasteiger partial charge in [-0.1, -0.05) is 30.3 Å². The Balaban J connectivity index is 1.55. The Labute approximate surface area is 138 Å². The zero-order valence-electron chi connectivity index (χ0n) is 13.5. The third-order valence-electron chi connectivity index (χ3n) is 4.42. The first kappa shape index (κ1) is 16.1. The van der Waals surface area contributed by atoms with Gasteiger partial charge in [-0.2, -0.15) is 0 Å². The van der Waals surface area contributed by atoms with E-state index in [1.165, 1.54) is 11.1 Å². The van der Waals surface area contributed by atoms with E-state index in [1.54, 1.807) is 0 Å². The van der Waals surface area contributed by atoms with E-state index in [2.05, 4.69) is 39.5 Å². The highest BCUT2D eigenvalue weighted by molar-refractivity contribution is 5.27. The summed E-state index contributed by atoms with van der Waals surface area (Å²) in [6.45, 7) is 4.57. The number of rotatable bonds is 6. The van der Waals surface area contributed by atoms with Crippen molar-refractivity contribution in [1.29, 1.82) is 0 Å². The van der Waals surface area contributed by atoms with Crippen LogP contribution in [-0.4, -0.2) is 34.2 Å². The van der Waals surface area contributed by atoms with Crippen LogP contribution in [0.25, 0.3) is 0 Å². The molecule has 2 aromatic rings. The Morgan fingerprint density at radius 2 is 1.74 bits per heavy atom. The second-order valence-electron chi connectivity index (χ2n) is 6.20. The molecule has 0 radical (unpaired) electrons. The number of piperidine rings is 1. The molecule has 1 fully saturated rings. The molecule has 122 valence electrons. The van der Waals surface area contributed by atoms with Crippen molar-refractivity contribution in [2.45, 2.75) is 38.6 Å². The lowest BCUT2D eigenvalue weighted by Crippen LogP contribution is -2.35. The Morgan fingerprint density at radius 1 is 1.00 bits per heavy atom. The molecular formula is C19H25N3O. The molecule has 1 aliphatic rings. The van der Waals surface area contributed by atoms with Crippen LogP contribution >= 0.6 is 0 Å². The first-order chi connectivity index (χ1) is 11.3. The molecule has 0 amide bonds. The van der Waals surface area contributed by atoms with E-state index in [0.29, 0.717) is 0 Å². The molecule has 0 saturated carbocycles. The second kappa shape index (κ2) is 8.20. The van der Waals surface area contributed by atoms with Gasteiger partial charge in [-0.15, -0.1) is 0 Å². The summed E-state index contributed by atoms with van der Waals surface area (Å²) in [5.41, 5.74) is 3.78. The van der Waals surface area contributed by atoms with E-state index in [1.807, 2.05) is 24.4 Å². The summed E-state index contributed by atoms with van der Waals surface area (Å²) < 4.78 is 0. The molecule has 0 aliphatic carbocycles. The lowest BCUT2D eigenvalue weighted by Gasteiger charge is -2.30. The summed E-state index contributed by atoms with van der Waals surface area (Å²) in [5.74, 6) is 0. The number of hydrogen-bond donors (Lipinski definition) is 2. The van der Waals surface area contributed by atoms with Crippen molar-refractivity contribution in [3.63, 3.8) is 0 Å². The SMILES string of the molecule is OC1CCN(Cc2ccccc2CNCc2ccccn2)CC1. The number of aliphatic hydroxyl groups is 1. The monoisotopic (exact) mass is 311 g/mol. The Morgan fingerprint density at radius 3 is 2.48 bits per heavy atom. The summed E-state index contributed by atoms with van der Waals surface area (Å²) in [7, 11) is 0. The normalized spacial score (nSPS) is 16.6. The number of pyridine rings is 1. The van der Waals surface area contributed by atoms with Crippen LogP contribution in [0.4, 0.5) is 0 Å². The number of aliphatic hydroxyl groups excluding tert-OH is 1. The first-order valence-corrected chi connectivity index (χ1v) is 8.39. The maximum absolute atomic E-state index is 9.63. The molecule has 4 nitrogen and oxygen atoms in total. The minimum Gasteiger partial charge on any atom is -0.393 e. The summed E-state index contributed by atoms with van der Waals surface area (Å²) in [6, 6.07) is 14.6. The van der Waals surface area contributed by atoms with Gasteiger partial charge < -0.3 is 10.4 Å². The van der Waals surface area contributed by atoms with Crippen molar-refractivity contribution >= 4 is 0 Å². The Bertz CT molecular complexity index is 595. The van der Waals surface area contributed by atoms with Crippen LogP contribution in [0.3, 0.4) is 0 Å². The summed E-state index contributed by atoms with van der Waals surface area (Å²) in [6.07, 6.45) is 3.50. The van der Waals surface area contributed by atoms with Crippen molar-refractivity contribution in [3.05, 3.63) is 65.5 Å². The van der Waals surface area contributed by atoms with Crippen LogP contribution in [0.1, 0.15) is 29.7 Å². The molecule has 1 aromatic carbocycles. The molecule has 0 unspecified atom stereocenters. The van der Waals surface area contributed by atoms with Crippen LogP contribution < -0.4 is 5.32 Å². The van der Waals surface area contributed by atoms with Crippen LogP contribution in [0.15, 0.2) is 48.7 Å². The average Bonchev–Trinajstić information content (AvgIpc) is 2.59. The minimum absolute atomic E-state index is 0.110. The zero-order valence-corrected chi connectivity index (χ0v) is 13.5. The van der Waals surface area contributed by atoms with Gasteiger partial charge in [0.2, 0.25) is 0 Å². The smallest absolute Gasteiger partial charge is 0.0564 e. The van der Waals surface area contributed by atoms with Crippen LogP contribution in [-0.2, 0) is 19.6 Å². The highest BCUT2D eigenvalue weighted by atomic mass is 16.3. The Hall–Kier alpha value is -1.75. The molecule has 2 heterocycles. The largest absolute Gasteiger partial charge is 0.393 e. The number of nitrogens with zero attached hydrogens (tertiary/aromatic N) is 2.